The molecule has 1 N–H and O–H groups in total. The van der Waals surface area contributed by atoms with Crippen LogP contribution in [-0.4, -0.2) is 7.11 Å². The maximum atomic E-state index is 5.32. The van der Waals surface area contributed by atoms with Crippen molar-refractivity contribution in [2.45, 2.75) is 6.54 Å². The first-order valence-electron chi connectivity index (χ1n) is 5.51. The van der Waals surface area contributed by atoms with E-state index in [9.17, 15) is 0 Å². The third-order valence-electron chi connectivity index (χ3n) is 2.59. The lowest BCUT2D eigenvalue weighted by Crippen LogP contribution is -2.02. The molecule has 0 aliphatic heterocycles. The molecule has 18 heavy (non-hydrogen) atoms. The Morgan fingerprint density at radius 2 is 1.89 bits per heavy atom. The lowest BCUT2D eigenvalue weighted by molar-refractivity contribution is 0.416. The second kappa shape index (κ2) is 6.25. The van der Waals surface area contributed by atoms with E-state index in [0.717, 1.165) is 26.9 Å². The molecule has 2 rings (SSSR count). The zero-order chi connectivity index (χ0) is 13.0. The second-order valence-electron chi connectivity index (χ2n) is 3.79. The van der Waals surface area contributed by atoms with Crippen molar-refractivity contribution in [3.63, 3.8) is 0 Å². The number of hydrogen-bond acceptors (Lipinski definition) is 2. The fourth-order valence-corrected chi connectivity index (χ4v) is 2.44. The molecule has 2 nitrogen and oxygen atoms in total. The SMILES string of the molecule is COc1ccc(Br)cc1NCc1ccccc1Br. The van der Waals surface area contributed by atoms with E-state index in [1.165, 1.54) is 5.56 Å². The maximum absolute atomic E-state index is 5.32. The van der Waals surface area contributed by atoms with Crippen molar-refractivity contribution in [2.75, 3.05) is 12.4 Å². The topological polar surface area (TPSA) is 21.3 Å². The average molecular weight is 371 g/mol. The van der Waals surface area contributed by atoms with Gasteiger partial charge in [-0.05, 0) is 29.8 Å². The molecule has 0 fully saturated rings. The first-order valence-corrected chi connectivity index (χ1v) is 7.10. The zero-order valence-corrected chi connectivity index (χ0v) is 13.1. The van der Waals surface area contributed by atoms with E-state index in [0.29, 0.717) is 0 Å². The van der Waals surface area contributed by atoms with E-state index in [-0.39, 0.29) is 0 Å². The molecule has 2 aromatic carbocycles. The fraction of sp³-hybridized carbons (Fsp3) is 0.143. The van der Waals surface area contributed by atoms with Gasteiger partial charge < -0.3 is 10.1 Å². The van der Waals surface area contributed by atoms with Crippen molar-refractivity contribution in [3.8, 4) is 5.75 Å². The molecule has 94 valence electrons. The van der Waals surface area contributed by atoms with Crippen LogP contribution in [0.3, 0.4) is 0 Å². The number of anilines is 1. The summed E-state index contributed by atoms with van der Waals surface area (Å²) < 4.78 is 7.45. The van der Waals surface area contributed by atoms with E-state index in [2.05, 4.69) is 43.2 Å². The molecule has 0 bridgehead atoms. The predicted molar refractivity (Wildman–Crippen MR) is 82.2 cm³/mol. The summed E-state index contributed by atoms with van der Waals surface area (Å²) in [5.74, 6) is 0.838. The second-order valence-corrected chi connectivity index (χ2v) is 5.56. The smallest absolute Gasteiger partial charge is 0.142 e. The van der Waals surface area contributed by atoms with E-state index in [1.807, 2.05) is 36.4 Å². The molecule has 0 radical (unpaired) electrons. The Labute approximate surface area is 124 Å². The number of ether oxygens (including phenoxy) is 1. The van der Waals surface area contributed by atoms with Crippen molar-refractivity contribution in [2.24, 2.45) is 0 Å². The Morgan fingerprint density at radius 1 is 1.11 bits per heavy atom. The highest BCUT2D eigenvalue weighted by Gasteiger charge is 2.04. The Bertz CT molecular complexity index is 543. The standard InChI is InChI=1S/C14H13Br2NO/c1-18-14-7-6-11(15)8-13(14)17-9-10-4-2-3-5-12(10)16/h2-8,17H,9H2,1H3. The molecule has 0 spiro atoms. The average Bonchev–Trinajstić information content (AvgIpc) is 2.38. The number of halogens is 2. The van der Waals surface area contributed by atoms with Crippen LogP contribution in [0.2, 0.25) is 0 Å². The summed E-state index contributed by atoms with van der Waals surface area (Å²) in [5.41, 5.74) is 2.18. The Kier molecular flexibility index (Phi) is 4.66. The Morgan fingerprint density at radius 3 is 2.61 bits per heavy atom. The van der Waals surface area contributed by atoms with Gasteiger partial charge in [0.25, 0.3) is 0 Å². The monoisotopic (exact) mass is 369 g/mol. The van der Waals surface area contributed by atoms with Gasteiger partial charge in [0.2, 0.25) is 0 Å². The summed E-state index contributed by atoms with van der Waals surface area (Å²) in [6.07, 6.45) is 0. The minimum Gasteiger partial charge on any atom is -0.495 e. The largest absolute Gasteiger partial charge is 0.495 e. The molecule has 0 aliphatic carbocycles. The lowest BCUT2D eigenvalue weighted by Gasteiger charge is -2.12. The summed E-state index contributed by atoms with van der Waals surface area (Å²) in [6, 6.07) is 14.1. The van der Waals surface area contributed by atoms with Gasteiger partial charge in [0.05, 0.1) is 12.8 Å². The van der Waals surface area contributed by atoms with E-state index in [4.69, 9.17) is 4.74 Å². The molecule has 0 saturated carbocycles. The van der Waals surface area contributed by atoms with E-state index >= 15 is 0 Å². The summed E-state index contributed by atoms with van der Waals surface area (Å²) >= 11 is 7.00. The van der Waals surface area contributed by atoms with Gasteiger partial charge in [-0.2, -0.15) is 0 Å². The molecule has 2 aromatic rings. The highest BCUT2D eigenvalue weighted by molar-refractivity contribution is 9.10. The number of methoxy groups -OCH3 is 1. The van der Waals surface area contributed by atoms with Crippen LogP contribution in [0.15, 0.2) is 51.4 Å². The molecular formula is C14H13Br2NO. The first kappa shape index (κ1) is 13.4. The Hall–Kier alpha value is -1.00. The van der Waals surface area contributed by atoms with Gasteiger partial charge in [0.15, 0.2) is 0 Å². The Balaban J connectivity index is 2.15. The van der Waals surface area contributed by atoms with E-state index in [1.54, 1.807) is 7.11 Å². The van der Waals surface area contributed by atoms with E-state index < -0.39 is 0 Å². The number of rotatable bonds is 4. The maximum Gasteiger partial charge on any atom is 0.142 e. The van der Waals surface area contributed by atoms with Crippen LogP contribution in [0, 0.1) is 0 Å². The number of nitrogens with one attached hydrogen (secondary N) is 1. The van der Waals surface area contributed by atoms with Crippen LogP contribution in [0.1, 0.15) is 5.56 Å². The molecule has 0 heterocycles. The van der Waals surface area contributed by atoms with Gasteiger partial charge in [-0.3, -0.25) is 0 Å². The van der Waals surface area contributed by atoms with Gasteiger partial charge in [0.1, 0.15) is 5.75 Å². The van der Waals surface area contributed by atoms with Crippen molar-refractivity contribution in [3.05, 3.63) is 57.0 Å². The summed E-state index contributed by atoms with van der Waals surface area (Å²) in [7, 11) is 1.67. The summed E-state index contributed by atoms with van der Waals surface area (Å²) in [5, 5.41) is 3.38. The van der Waals surface area contributed by atoms with Crippen LogP contribution >= 0.6 is 31.9 Å². The zero-order valence-electron chi connectivity index (χ0n) is 9.91. The summed E-state index contributed by atoms with van der Waals surface area (Å²) in [4.78, 5) is 0. The fourth-order valence-electron chi connectivity index (χ4n) is 1.65. The van der Waals surface area contributed by atoms with Crippen LogP contribution in [0.4, 0.5) is 5.69 Å². The molecule has 4 heteroatoms. The minimum atomic E-state index is 0.744. The van der Waals surface area contributed by atoms with Crippen LogP contribution in [0.5, 0.6) is 5.75 Å². The summed E-state index contributed by atoms with van der Waals surface area (Å²) in [6.45, 7) is 0.744. The van der Waals surface area contributed by atoms with Gasteiger partial charge >= 0.3 is 0 Å². The molecule has 0 unspecified atom stereocenters. The van der Waals surface area contributed by atoms with Gasteiger partial charge in [-0.1, -0.05) is 50.1 Å². The highest BCUT2D eigenvalue weighted by atomic mass is 79.9. The van der Waals surface area contributed by atoms with Crippen LogP contribution in [0.25, 0.3) is 0 Å². The predicted octanol–water partition coefficient (Wildman–Crippen LogP) is 4.83. The molecule has 0 aromatic heterocycles. The van der Waals surface area contributed by atoms with Crippen LogP contribution in [-0.2, 0) is 6.54 Å². The molecule has 0 saturated heterocycles. The third kappa shape index (κ3) is 3.27. The number of hydrogen-bond donors (Lipinski definition) is 1. The van der Waals surface area contributed by atoms with Crippen molar-refractivity contribution < 1.29 is 4.74 Å². The van der Waals surface area contributed by atoms with Gasteiger partial charge in [-0.15, -0.1) is 0 Å². The minimum absolute atomic E-state index is 0.744. The molecule has 0 atom stereocenters. The quantitative estimate of drug-likeness (QED) is 0.831. The third-order valence-corrected chi connectivity index (χ3v) is 3.86. The first-order chi connectivity index (χ1) is 8.70. The van der Waals surface area contributed by atoms with Crippen molar-refractivity contribution in [1.82, 2.24) is 0 Å². The lowest BCUT2D eigenvalue weighted by atomic mass is 10.2. The molecule has 0 amide bonds. The van der Waals surface area contributed by atoms with Crippen molar-refractivity contribution in [1.29, 1.82) is 0 Å². The van der Waals surface area contributed by atoms with Crippen LogP contribution < -0.4 is 10.1 Å². The van der Waals surface area contributed by atoms with Gasteiger partial charge in [0, 0.05) is 15.5 Å². The van der Waals surface area contributed by atoms with Gasteiger partial charge in [-0.25, -0.2) is 0 Å². The molecule has 0 aliphatic rings. The molecular weight excluding hydrogens is 358 g/mol. The highest BCUT2D eigenvalue weighted by Crippen LogP contribution is 2.28. The normalized spacial score (nSPS) is 10.2. The number of benzene rings is 2. The van der Waals surface area contributed by atoms with Crippen molar-refractivity contribution >= 4 is 37.5 Å².